The zero-order chi connectivity index (χ0) is 22.2. The minimum Gasteiger partial charge on any atom is -0.493 e. The second-order valence-corrected chi connectivity index (χ2v) is 9.86. The summed E-state index contributed by atoms with van der Waals surface area (Å²) in [6.45, 7) is 6.78. The van der Waals surface area contributed by atoms with E-state index in [1.165, 1.54) is 11.3 Å². The number of tetrazole rings is 1. The largest absolute Gasteiger partial charge is 0.493 e. The van der Waals surface area contributed by atoms with Crippen LogP contribution >= 0.6 is 11.3 Å². The minimum absolute atomic E-state index is 0.0152. The van der Waals surface area contributed by atoms with Gasteiger partial charge in [0.05, 0.1) is 20.3 Å². The van der Waals surface area contributed by atoms with Crippen LogP contribution in [0.2, 0.25) is 0 Å². The second kappa shape index (κ2) is 8.33. The van der Waals surface area contributed by atoms with Crippen molar-refractivity contribution in [3.63, 3.8) is 0 Å². The van der Waals surface area contributed by atoms with E-state index in [0.717, 1.165) is 29.3 Å². The maximum absolute atomic E-state index is 13.1. The first-order valence-electron chi connectivity index (χ1n) is 10.2. The van der Waals surface area contributed by atoms with Gasteiger partial charge in [0.1, 0.15) is 4.88 Å². The van der Waals surface area contributed by atoms with E-state index in [2.05, 4.69) is 46.7 Å². The summed E-state index contributed by atoms with van der Waals surface area (Å²) in [5, 5.41) is 16.9. The summed E-state index contributed by atoms with van der Waals surface area (Å²) >= 11 is 1.33. The predicted octanol–water partition coefficient (Wildman–Crippen LogP) is 4.28. The third-order valence-electron chi connectivity index (χ3n) is 5.56. The van der Waals surface area contributed by atoms with Crippen molar-refractivity contribution in [1.29, 1.82) is 0 Å². The van der Waals surface area contributed by atoms with Crippen molar-refractivity contribution in [2.45, 2.75) is 46.1 Å². The van der Waals surface area contributed by atoms with E-state index in [9.17, 15) is 4.79 Å². The molecule has 166 valence electrons. The number of amides is 1. The highest BCUT2D eigenvalue weighted by Crippen LogP contribution is 2.46. The lowest BCUT2D eigenvalue weighted by Gasteiger charge is -2.38. The molecule has 1 aliphatic carbocycles. The molecule has 2 N–H and O–H groups in total. The Morgan fingerprint density at radius 3 is 2.61 bits per heavy atom. The molecule has 1 amide bonds. The number of benzene rings is 1. The highest BCUT2D eigenvalue weighted by Gasteiger charge is 2.35. The average Bonchev–Trinajstić information content (AvgIpc) is 3.33. The summed E-state index contributed by atoms with van der Waals surface area (Å²) in [5.74, 6) is 2.04. The maximum atomic E-state index is 13.1. The molecule has 10 heteroatoms. The Bertz CT molecular complexity index is 1080. The van der Waals surface area contributed by atoms with Crippen LogP contribution in [0.5, 0.6) is 17.2 Å². The van der Waals surface area contributed by atoms with Crippen molar-refractivity contribution < 1.29 is 19.0 Å². The number of carbonyl (C=O) groups excluding carboxylic acids is 1. The van der Waals surface area contributed by atoms with E-state index in [-0.39, 0.29) is 23.4 Å². The van der Waals surface area contributed by atoms with Gasteiger partial charge in [-0.1, -0.05) is 25.9 Å². The number of hydrogen-bond acceptors (Lipinski definition) is 8. The number of ether oxygens (including phenoxy) is 3. The van der Waals surface area contributed by atoms with Crippen LogP contribution in [0.25, 0.3) is 10.1 Å². The van der Waals surface area contributed by atoms with E-state index in [4.69, 9.17) is 14.2 Å². The number of hydrogen-bond donors (Lipinski definition) is 2. The van der Waals surface area contributed by atoms with Gasteiger partial charge < -0.3 is 14.2 Å². The fourth-order valence-electron chi connectivity index (χ4n) is 4.56. The SMILES string of the molecule is COc1cc2sc(C(=O)Nc3nn[nH]n3)c(OC3CC(C)CC(C)(C)C3)c2cc1OC. The monoisotopic (exact) mass is 445 g/mol. The van der Waals surface area contributed by atoms with Gasteiger partial charge in [-0.25, -0.2) is 0 Å². The maximum Gasteiger partial charge on any atom is 0.272 e. The smallest absolute Gasteiger partial charge is 0.272 e. The number of anilines is 1. The fourth-order valence-corrected chi connectivity index (χ4v) is 5.60. The van der Waals surface area contributed by atoms with E-state index in [0.29, 0.717) is 28.0 Å². The van der Waals surface area contributed by atoms with E-state index >= 15 is 0 Å². The van der Waals surface area contributed by atoms with Crippen molar-refractivity contribution in [3.05, 3.63) is 17.0 Å². The van der Waals surface area contributed by atoms with Crippen molar-refractivity contribution in [2.75, 3.05) is 19.5 Å². The molecule has 1 fully saturated rings. The number of carbonyl (C=O) groups is 1. The van der Waals surface area contributed by atoms with Gasteiger partial charge in [0.15, 0.2) is 17.2 Å². The minimum atomic E-state index is -0.348. The van der Waals surface area contributed by atoms with Gasteiger partial charge in [0.25, 0.3) is 11.9 Å². The van der Waals surface area contributed by atoms with Crippen LogP contribution in [0.3, 0.4) is 0 Å². The molecule has 31 heavy (non-hydrogen) atoms. The number of nitrogens with zero attached hydrogens (tertiary/aromatic N) is 3. The van der Waals surface area contributed by atoms with Crippen LogP contribution in [-0.4, -0.2) is 46.9 Å². The number of aromatic nitrogens is 4. The lowest BCUT2D eigenvalue weighted by atomic mass is 9.71. The Balaban J connectivity index is 1.76. The highest BCUT2D eigenvalue weighted by atomic mass is 32.1. The van der Waals surface area contributed by atoms with Crippen molar-refractivity contribution >= 4 is 33.3 Å². The molecule has 9 nitrogen and oxygen atoms in total. The zero-order valence-electron chi connectivity index (χ0n) is 18.3. The molecule has 3 aromatic rings. The average molecular weight is 446 g/mol. The first-order chi connectivity index (χ1) is 14.8. The third kappa shape index (κ3) is 4.43. The second-order valence-electron chi connectivity index (χ2n) is 8.81. The number of rotatable bonds is 6. The number of methoxy groups -OCH3 is 2. The third-order valence-corrected chi connectivity index (χ3v) is 6.69. The molecule has 4 rings (SSSR count). The highest BCUT2D eigenvalue weighted by molar-refractivity contribution is 7.21. The lowest BCUT2D eigenvalue weighted by molar-refractivity contribution is 0.0568. The summed E-state index contributed by atoms with van der Waals surface area (Å²) < 4.78 is 18.3. The molecule has 2 aromatic heterocycles. The lowest BCUT2D eigenvalue weighted by Crippen LogP contribution is -2.34. The number of thiophene rings is 1. The van der Waals surface area contributed by atoms with Gasteiger partial charge in [0.2, 0.25) is 0 Å². The van der Waals surface area contributed by atoms with E-state index < -0.39 is 0 Å². The Labute approximate surface area is 184 Å². The molecule has 0 bridgehead atoms. The van der Waals surface area contributed by atoms with Crippen LogP contribution in [-0.2, 0) is 0 Å². The van der Waals surface area contributed by atoms with Crippen LogP contribution in [0.15, 0.2) is 12.1 Å². The quantitative estimate of drug-likeness (QED) is 0.582. The molecule has 0 spiro atoms. The number of fused-ring (bicyclic) bond motifs is 1. The topological polar surface area (TPSA) is 111 Å². The Hall–Kier alpha value is -2.88. The molecular formula is C21H27N5O4S. The van der Waals surface area contributed by atoms with Crippen LogP contribution in [0.1, 0.15) is 49.7 Å². The molecule has 0 aliphatic heterocycles. The number of aromatic amines is 1. The van der Waals surface area contributed by atoms with E-state index in [1.54, 1.807) is 14.2 Å². The molecule has 2 atom stereocenters. The fraction of sp³-hybridized carbons (Fsp3) is 0.524. The zero-order valence-corrected chi connectivity index (χ0v) is 19.1. The van der Waals surface area contributed by atoms with Crippen LogP contribution in [0, 0.1) is 11.3 Å². The van der Waals surface area contributed by atoms with Crippen molar-refractivity contribution in [2.24, 2.45) is 11.3 Å². The summed E-state index contributed by atoms with van der Waals surface area (Å²) in [5.41, 5.74) is 0.183. The Kier molecular flexibility index (Phi) is 5.74. The first kappa shape index (κ1) is 21.4. The van der Waals surface area contributed by atoms with Gasteiger partial charge in [-0.3, -0.25) is 10.1 Å². The predicted molar refractivity (Wildman–Crippen MR) is 118 cm³/mol. The molecule has 0 saturated heterocycles. The molecule has 1 aromatic carbocycles. The van der Waals surface area contributed by atoms with Gasteiger partial charge in [-0.15, -0.1) is 16.4 Å². The standard InChI is InChI=1S/C21H27N5O4S/c1-11-6-12(10-21(2,3)9-11)30-17-13-7-14(28-4)15(29-5)8-16(13)31-18(17)19(27)22-20-23-25-26-24-20/h7-8,11-12H,6,9-10H2,1-5H3,(H2,22,23,24,25,26,27). The van der Waals surface area contributed by atoms with Crippen molar-refractivity contribution in [1.82, 2.24) is 20.6 Å². The van der Waals surface area contributed by atoms with Crippen LogP contribution in [0.4, 0.5) is 5.95 Å². The molecular weight excluding hydrogens is 418 g/mol. The first-order valence-corrected chi connectivity index (χ1v) is 11.0. The molecule has 2 heterocycles. The molecule has 2 unspecified atom stereocenters. The normalized spacial score (nSPS) is 20.4. The summed E-state index contributed by atoms with van der Waals surface area (Å²) in [6.07, 6.45) is 3.04. The summed E-state index contributed by atoms with van der Waals surface area (Å²) in [7, 11) is 3.18. The van der Waals surface area contributed by atoms with Crippen LogP contribution < -0.4 is 19.5 Å². The molecule has 1 aliphatic rings. The summed E-state index contributed by atoms with van der Waals surface area (Å²) in [4.78, 5) is 13.5. The van der Waals surface area contributed by atoms with Gasteiger partial charge in [-0.05, 0) is 41.9 Å². The molecule has 0 radical (unpaired) electrons. The number of H-pyrrole nitrogens is 1. The Morgan fingerprint density at radius 2 is 1.97 bits per heavy atom. The van der Waals surface area contributed by atoms with Crippen molar-refractivity contribution in [3.8, 4) is 17.2 Å². The number of nitrogens with one attached hydrogen (secondary N) is 2. The molecule has 1 saturated carbocycles. The van der Waals surface area contributed by atoms with Gasteiger partial charge >= 0.3 is 0 Å². The Morgan fingerprint density at radius 1 is 1.23 bits per heavy atom. The summed E-state index contributed by atoms with van der Waals surface area (Å²) in [6, 6.07) is 3.73. The van der Waals surface area contributed by atoms with E-state index in [1.807, 2.05) is 12.1 Å². The van der Waals surface area contributed by atoms with Gasteiger partial charge in [0, 0.05) is 16.2 Å². The van der Waals surface area contributed by atoms with Gasteiger partial charge in [-0.2, -0.15) is 5.21 Å².